The van der Waals surface area contributed by atoms with Gasteiger partial charge in [-0.05, 0) is 23.8 Å². The summed E-state index contributed by atoms with van der Waals surface area (Å²) in [6.07, 6.45) is -0.0459. The minimum absolute atomic E-state index is 0.200. The molecule has 0 bridgehead atoms. The summed E-state index contributed by atoms with van der Waals surface area (Å²) in [6.45, 7) is 2.91. The minimum Gasteiger partial charge on any atom is -0.442 e. The quantitative estimate of drug-likeness (QED) is 0.406. The number of amides is 2. The lowest BCUT2D eigenvalue weighted by Crippen LogP contribution is -2.35. The Morgan fingerprint density at radius 1 is 1.16 bits per heavy atom. The fourth-order valence-corrected chi connectivity index (χ4v) is 4.08. The van der Waals surface area contributed by atoms with Crippen LogP contribution < -0.4 is 15.1 Å². The van der Waals surface area contributed by atoms with E-state index in [1.165, 1.54) is 17.9 Å². The van der Waals surface area contributed by atoms with Crippen LogP contribution in [0.15, 0.2) is 53.7 Å². The average molecular weight is 513 g/mol. The van der Waals surface area contributed by atoms with Crippen molar-refractivity contribution in [1.29, 1.82) is 0 Å². The van der Waals surface area contributed by atoms with Gasteiger partial charge in [0.1, 0.15) is 18.5 Å². The third-order valence-corrected chi connectivity index (χ3v) is 5.99. The Labute approximate surface area is 213 Å². The Morgan fingerprint density at radius 2 is 1.92 bits per heavy atom. The average Bonchev–Trinajstić information content (AvgIpc) is 3.27. The van der Waals surface area contributed by atoms with Crippen molar-refractivity contribution in [2.75, 3.05) is 42.6 Å². The maximum Gasteiger partial charge on any atom is 0.414 e. The van der Waals surface area contributed by atoms with E-state index in [-0.39, 0.29) is 25.6 Å². The van der Waals surface area contributed by atoms with Crippen molar-refractivity contribution >= 4 is 35.1 Å². The molecule has 4 rings (SSSR count). The number of oxime groups is 1. The highest BCUT2D eigenvalue weighted by molar-refractivity contribution is 5.90. The SMILES string of the molecule is CC(=O)NC[C@H]1CN(c2ccc(N3CCC(=NOC(=O)COCc4ccccc4)CC3)c(F)c2)C(=O)O1. The maximum atomic E-state index is 15.0. The molecular formula is C26H29FN4O6. The van der Waals surface area contributed by atoms with Crippen LogP contribution in [0.25, 0.3) is 0 Å². The zero-order chi connectivity index (χ0) is 26.2. The molecule has 2 aromatic rings. The van der Waals surface area contributed by atoms with Gasteiger partial charge in [-0.1, -0.05) is 35.5 Å². The number of nitrogens with one attached hydrogen (secondary N) is 1. The second kappa shape index (κ2) is 12.3. The summed E-state index contributed by atoms with van der Waals surface area (Å²) < 4.78 is 25.6. The van der Waals surface area contributed by atoms with E-state index in [0.29, 0.717) is 43.9 Å². The van der Waals surface area contributed by atoms with Gasteiger partial charge >= 0.3 is 12.1 Å². The molecule has 196 valence electrons. The van der Waals surface area contributed by atoms with E-state index in [1.54, 1.807) is 12.1 Å². The Kier molecular flexibility index (Phi) is 8.68. The summed E-state index contributed by atoms with van der Waals surface area (Å²) >= 11 is 0. The van der Waals surface area contributed by atoms with Crippen molar-refractivity contribution in [2.24, 2.45) is 5.16 Å². The van der Waals surface area contributed by atoms with Crippen molar-refractivity contribution in [3.05, 3.63) is 59.9 Å². The third kappa shape index (κ3) is 7.26. The Hall–Kier alpha value is -3.99. The topological polar surface area (TPSA) is 110 Å². The van der Waals surface area contributed by atoms with Crippen LogP contribution in [0.5, 0.6) is 0 Å². The van der Waals surface area contributed by atoms with Crippen molar-refractivity contribution in [3.8, 4) is 0 Å². The number of carbonyl (C=O) groups excluding carboxylic acids is 3. The fourth-order valence-electron chi connectivity index (χ4n) is 4.08. The third-order valence-electron chi connectivity index (χ3n) is 5.99. The molecule has 0 spiro atoms. The Bertz CT molecular complexity index is 1150. The summed E-state index contributed by atoms with van der Waals surface area (Å²) in [4.78, 5) is 43.4. The highest BCUT2D eigenvalue weighted by atomic mass is 19.1. The van der Waals surface area contributed by atoms with Crippen LogP contribution >= 0.6 is 0 Å². The van der Waals surface area contributed by atoms with Crippen LogP contribution in [-0.4, -0.2) is 62.6 Å². The van der Waals surface area contributed by atoms with Crippen LogP contribution in [0.4, 0.5) is 20.6 Å². The maximum absolute atomic E-state index is 15.0. The molecule has 2 aromatic carbocycles. The van der Waals surface area contributed by atoms with E-state index in [4.69, 9.17) is 14.3 Å². The first-order chi connectivity index (χ1) is 17.9. The normalized spacial score (nSPS) is 17.4. The highest BCUT2D eigenvalue weighted by Crippen LogP contribution is 2.29. The summed E-state index contributed by atoms with van der Waals surface area (Å²) in [6, 6.07) is 14.1. The molecule has 0 aliphatic carbocycles. The van der Waals surface area contributed by atoms with Gasteiger partial charge in [0, 0.05) is 32.9 Å². The Morgan fingerprint density at radius 3 is 2.62 bits per heavy atom. The van der Waals surface area contributed by atoms with Crippen LogP contribution in [0, 0.1) is 5.82 Å². The monoisotopic (exact) mass is 512 g/mol. The zero-order valence-electron chi connectivity index (χ0n) is 20.5. The van der Waals surface area contributed by atoms with Gasteiger partial charge in [0.15, 0.2) is 0 Å². The first kappa shape index (κ1) is 26.1. The summed E-state index contributed by atoms with van der Waals surface area (Å²) in [5.41, 5.74) is 2.48. The van der Waals surface area contributed by atoms with Crippen LogP contribution in [0.3, 0.4) is 0 Å². The first-order valence-corrected chi connectivity index (χ1v) is 12.0. The fraction of sp³-hybridized carbons (Fsp3) is 0.385. The highest BCUT2D eigenvalue weighted by Gasteiger charge is 2.33. The smallest absolute Gasteiger partial charge is 0.414 e. The number of hydrogen-bond acceptors (Lipinski definition) is 8. The van der Waals surface area contributed by atoms with Gasteiger partial charge in [0.2, 0.25) is 5.91 Å². The summed E-state index contributed by atoms with van der Waals surface area (Å²) in [7, 11) is 0. The minimum atomic E-state index is -0.582. The van der Waals surface area contributed by atoms with E-state index >= 15 is 0 Å². The standard InChI is InChI=1S/C26H29FN4O6/c1-18(32)28-14-22-15-31(26(34)36-22)21-7-8-24(23(27)13-21)30-11-9-20(10-12-30)29-37-25(33)17-35-16-19-5-3-2-4-6-19/h2-8,13,22H,9-12,14-17H2,1H3,(H,28,32)/t22-/m0/s1. The number of rotatable bonds is 9. The summed E-state index contributed by atoms with van der Waals surface area (Å²) in [5, 5.41) is 6.56. The summed E-state index contributed by atoms with van der Waals surface area (Å²) in [5.74, 6) is -1.25. The predicted octanol–water partition coefficient (Wildman–Crippen LogP) is 3.00. The first-order valence-electron chi connectivity index (χ1n) is 12.0. The van der Waals surface area contributed by atoms with Gasteiger partial charge in [-0.25, -0.2) is 14.0 Å². The second-order valence-electron chi connectivity index (χ2n) is 8.78. The number of halogens is 1. The van der Waals surface area contributed by atoms with Crippen molar-refractivity contribution in [3.63, 3.8) is 0 Å². The van der Waals surface area contributed by atoms with E-state index in [2.05, 4.69) is 10.5 Å². The van der Waals surface area contributed by atoms with Crippen LogP contribution in [0.1, 0.15) is 25.3 Å². The molecule has 2 aliphatic rings. The van der Waals surface area contributed by atoms with Gasteiger partial charge < -0.3 is 24.5 Å². The number of anilines is 2. The molecule has 10 nitrogen and oxygen atoms in total. The molecule has 0 radical (unpaired) electrons. The number of cyclic esters (lactones) is 1. The number of ether oxygens (including phenoxy) is 2. The van der Waals surface area contributed by atoms with Gasteiger partial charge in [0.05, 0.1) is 36.8 Å². The number of piperidine rings is 1. The van der Waals surface area contributed by atoms with Crippen molar-refractivity contribution < 1.29 is 33.1 Å². The molecule has 2 saturated heterocycles. The molecular weight excluding hydrogens is 483 g/mol. The molecule has 0 aromatic heterocycles. The number of hydrogen-bond donors (Lipinski definition) is 1. The lowest BCUT2D eigenvalue weighted by Gasteiger charge is -2.30. The largest absolute Gasteiger partial charge is 0.442 e. The van der Waals surface area contributed by atoms with Crippen LogP contribution in [0.2, 0.25) is 0 Å². The molecule has 0 unspecified atom stereocenters. The Balaban J connectivity index is 1.24. The number of carbonyl (C=O) groups is 3. The molecule has 2 aliphatic heterocycles. The van der Waals surface area contributed by atoms with Crippen molar-refractivity contribution in [1.82, 2.24) is 5.32 Å². The predicted molar refractivity (Wildman–Crippen MR) is 134 cm³/mol. The molecule has 0 saturated carbocycles. The molecule has 2 amide bonds. The van der Waals surface area contributed by atoms with E-state index in [0.717, 1.165) is 11.3 Å². The molecule has 1 N–H and O–H groups in total. The lowest BCUT2D eigenvalue weighted by atomic mass is 10.1. The van der Waals surface area contributed by atoms with Gasteiger partial charge in [-0.2, -0.15) is 0 Å². The van der Waals surface area contributed by atoms with Gasteiger partial charge in [0.25, 0.3) is 0 Å². The molecule has 37 heavy (non-hydrogen) atoms. The molecule has 2 heterocycles. The molecule has 1 atom stereocenters. The van der Waals surface area contributed by atoms with E-state index in [1.807, 2.05) is 35.2 Å². The zero-order valence-corrected chi connectivity index (χ0v) is 20.5. The molecule has 11 heteroatoms. The second-order valence-corrected chi connectivity index (χ2v) is 8.78. The van der Waals surface area contributed by atoms with Gasteiger partial charge in [-0.15, -0.1) is 0 Å². The van der Waals surface area contributed by atoms with Crippen LogP contribution in [-0.2, 0) is 30.5 Å². The number of benzene rings is 2. The van der Waals surface area contributed by atoms with Gasteiger partial charge in [-0.3, -0.25) is 9.69 Å². The van der Waals surface area contributed by atoms with E-state index in [9.17, 15) is 18.8 Å². The van der Waals surface area contributed by atoms with Crippen molar-refractivity contribution in [2.45, 2.75) is 32.5 Å². The molecule has 2 fully saturated rings. The number of nitrogens with zero attached hydrogens (tertiary/aromatic N) is 3. The lowest BCUT2D eigenvalue weighted by molar-refractivity contribution is -0.149. The van der Waals surface area contributed by atoms with E-state index < -0.39 is 24.0 Å².